The number of aryl methyl sites for hydroxylation is 2. The van der Waals surface area contributed by atoms with Gasteiger partial charge in [0.05, 0.1) is 5.69 Å². The lowest BCUT2D eigenvalue weighted by molar-refractivity contribution is 0.641. The van der Waals surface area contributed by atoms with Gasteiger partial charge < -0.3 is 4.42 Å². The maximum Gasteiger partial charge on any atom is 0.144 e. The second-order valence-electron chi connectivity index (χ2n) is 10.3. The third-order valence-corrected chi connectivity index (χ3v) is 8.12. The Kier molecular flexibility index (Phi) is 4.34. The maximum absolute atomic E-state index is 8.95. The second-order valence-corrected chi connectivity index (χ2v) is 10.3. The van der Waals surface area contributed by atoms with E-state index in [-0.39, 0.29) is 22.3 Å². The largest absolute Gasteiger partial charge is 0.455 e. The van der Waals surface area contributed by atoms with Crippen LogP contribution in [0.5, 0.6) is 0 Å². The lowest BCUT2D eigenvalue weighted by atomic mass is 9.89. The molecular formula is C38H33NO. The van der Waals surface area contributed by atoms with Gasteiger partial charge >= 0.3 is 0 Å². The Bertz CT molecular complexity index is 2330. The van der Waals surface area contributed by atoms with Gasteiger partial charge in [-0.3, -0.25) is 4.98 Å². The Morgan fingerprint density at radius 1 is 0.700 bits per heavy atom. The fraction of sp³-hybridized carbons (Fsp3) is 0.184. The summed E-state index contributed by atoms with van der Waals surface area (Å²) in [6, 6.07) is 29.0. The van der Waals surface area contributed by atoms with Crippen LogP contribution in [0.4, 0.5) is 0 Å². The SMILES string of the molecule is [2H]C([2H])([2H])c1cnc(-c2cccc3c2oc2c3ccc3ccc4ccccc4c32)cc1-c1ccc(C([2H])(CC)CC)cc1C([2H])([2H])[2H]. The zero-order valence-electron chi connectivity index (χ0n) is 29.5. The van der Waals surface area contributed by atoms with Crippen LogP contribution < -0.4 is 0 Å². The molecule has 0 aliphatic carbocycles. The van der Waals surface area contributed by atoms with Crippen LogP contribution in [0.15, 0.2) is 102 Å². The molecule has 2 heteroatoms. The van der Waals surface area contributed by atoms with Gasteiger partial charge in [-0.15, -0.1) is 0 Å². The predicted octanol–water partition coefficient (Wildman–Crippen LogP) is 11.1. The lowest BCUT2D eigenvalue weighted by Crippen LogP contribution is -1.98. The molecule has 5 aromatic carbocycles. The van der Waals surface area contributed by atoms with Gasteiger partial charge in [0, 0.05) is 37.5 Å². The number of para-hydroxylation sites is 1. The molecule has 7 aromatic rings. The van der Waals surface area contributed by atoms with E-state index in [0.29, 0.717) is 35.2 Å². The highest BCUT2D eigenvalue weighted by Gasteiger charge is 2.18. The molecule has 0 radical (unpaired) electrons. The van der Waals surface area contributed by atoms with Crippen LogP contribution in [0.3, 0.4) is 0 Å². The first kappa shape index (κ1) is 18.0. The Labute approximate surface area is 245 Å². The molecule has 40 heavy (non-hydrogen) atoms. The minimum Gasteiger partial charge on any atom is -0.455 e. The zero-order valence-corrected chi connectivity index (χ0v) is 22.5. The summed E-state index contributed by atoms with van der Waals surface area (Å²) in [5.74, 6) is -0.957. The quantitative estimate of drug-likeness (QED) is 0.208. The average molecular weight is 527 g/mol. The number of nitrogens with zero attached hydrogens (tertiary/aromatic N) is 1. The van der Waals surface area contributed by atoms with E-state index in [4.69, 9.17) is 14.0 Å². The number of rotatable bonds is 5. The van der Waals surface area contributed by atoms with Crippen LogP contribution in [0.2, 0.25) is 0 Å². The van der Waals surface area contributed by atoms with E-state index in [1.54, 1.807) is 24.3 Å². The van der Waals surface area contributed by atoms with Gasteiger partial charge in [-0.25, -0.2) is 0 Å². The molecule has 0 spiro atoms. The van der Waals surface area contributed by atoms with Gasteiger partial charge in [0.1, 0.15) is 11.2 Å². The first-order valence-electron chi connectivity index (χ1n) is 17.3. The Balaban J connectivity index is 1.49. The topological polar surface area (TPSA) is 26.0 Å². The van der Waals surface area contributed by atoms with E-state index >= 15 is 0 Å². The zero-order chi connectivity index (χ0) is 33.3. The fourth-order valence-electron chi connectivity index (χ4n) is 6.03. The molecular weight excluding hydrogens is 486 g/mol. The van der Waals surface area contributed by atoms with Gasteiger partial charge in [0.25, 0.3) is 0 Å². The number of furan rings is 1. The van der Waals surface area contributed by atoms with Crippen LogP contribution in [0.25, 0.3) is 65.9 Å². The molecule has 0 amide bonds. The van der Waals surface area contributed by atoms with Crippen molar-refractivity contribution in [1.29, 1.82) is 0 Å². The van der Waals surface area contributed by atoms with Crippen molar-refractivity contribution in [1.82, 2.24) is 4.98 Å². The number of hydrogen-bond donors (Lipinski definition) is 0. The molecule has 0 bridgehead atoms. The second kappa shape index (κ2) is 9.64. The van der Waals surface area contributed by atoms with Crippen molar-refractivity contribution in [3.63, 3.8) is 0 Å². The molecule has 0 unspecified atom stereocenters. The lowest BCUT2D eigenvalue weighted by Gasteiger charge is -2.17. The van der Waals surface area contributed by atoms with Gasteiger partial charge in [0.15, 0.2) is 0 Å². The van der Waals surface area contributed by atoms with Crippen molar-refractivity contribution in [2.24, 2.45) is 0 Å². The Hall–Kier alpha value is -4.43. The summed E-state index contributed by atoms with van der Waals surface area (Å²) in [5.41, 5.74) is 3.60. The molecule has 2 nitrogen and oxygen atoms in total. The number of benzene rings is 5. The van der Waals surface area contributed by atoms with E-state index in [1.807, 2.05) is 44.2 Å². The summed E-state index contributed by atoms with van der Waals surface area (Å²) in [7, 11) is 0. The monoisotopic (exact) mass is 526 g/mol. The Morgan fingerprint density at radius 2 is 1.48 bits per heavy atom. The van der Waals surface area contributed by atoms with Crippen molar-refractivity contribution < 1.29 is 14.0 Å². The number of pyridine rings is 1. The van der Waals surface area contributed by atoms with Gasteiger partial charge in [-0.1, -0.05) is 86.6 Å². The average Bonchev–Trinajstić information content (AvgIpc) is 3.45. The molecule has 0 aliphatic heterocycles. The summed E-state index contributed by atoms with van der Waals surface area (Å²) in [6.45, 7) is -1.29. The molecule has 7 rings (SSSR count). The highest BCUT2D eigenvalue weighted by molar-refractivity contribution is 6.23. The highest BCUT2D eigenvalue weighted by atomic mass is 16.3. The van der Waals surface area contributed by atoms with Crippen molar-refractivity contribution in [2.45, 2.75) is 46.3 Å². The van der Waals surface area contributed by atoms with Crippen molar-refractivity contribution in [2.75, 3.05) is 0 Å². The molecule has 0 aliphatic rings. The van der Waals surface area contributed by atoms with Gasteiger partial charge in [0.2, 0.25) is 0 Å². The molecule has 0 saturated heterocycles. The molecule has 0 fully saturated rings. The number of aromatic nitrogens is 1. The van der Waals surface area contributed by atoms with Crippen LogP contribution in [0, 0.1) is 13.7 Å². The molecule has 196 valence electrons. The van der Waals surface area contributed by atoms with Crippen molar-refractivity contribution in [3.05, 3.63) is 114 Å². The van der Waals surface area contributed by atoms with E-state index in [1.165, 1.54) is 6.20 Å². The number of hydrogen-bond acceptors (Lipinski definition) is 2. The standard InChI is InChI=1S/C38H33NO/c1-5-25(6-2)28-17-18-29(23(3)20-28)34-21-35(39-22-24(34)4)33-13-9-12-31-32-19-16-27-15-14-26-10-7-8-11-30(26)36(27)38(32)40-37(31)33/h7-22,25H,5-6H2,1-4H3/i3D3,4D3,25D. The van der Waals surface area contributed by atoms with Crippen molar-refractivity contribution >= 4 is 43.5 Å². The predicted molar refractivity (Wildman–Crippen MR) is 170 cm³/mol. The minimum absolute atomic E-state index is 0.0106. The summed E-state index contributed by atoms with van der Waals surface area (Å²) in [6.07, 6.45) is 2.34. The van der Waals surface area contributed by atoms with E-state index in [9.17, 15) is 0 Å². The summed E-state index contributed by atoms with van der Waals surface area (Å²) in [5, 5.41) is 6.12. The summed E-state index contributed by atoms with van der Waals surface area (Å²) < 4.78 is 65.8. The first-order valence-corrected chi connectivity index (χ1v) is 13.8. The van der Waals surface area contributed by atoms with E-state index in [0.717, 1.165) is 37.9 Å². The van der Waals surface area contributed by atoms with Gasteiger partial charge in [-0.05, 0) is 94.6 Å². The van der Waals surface area contributed by atoms with Crippen LogP contribution in [-0.2, 0) is 0 Å². The number of fused-ring (bicyclic) bond motifs is 7. The third-order valence-electron chi connectivity index (χ3n) is 8.12. The molecule has 0 atom stereocenters. The van der Waals surface area contributed by atoms with Crippen LogP contribution >= 0.6 is 0 Å². The van der Waals surface area contributed by atoms with E-state index in [2.05, 4.69) is 41.4 Å². The smallest absolute Gasteiger partial charge is 0.144 e. The van der Waals surface area contributed by atoms with E-state index < -0.39 is 19.6 Å². The Morgan fingerprint density at radius 3 is 2.33 bits per heavy atom. The molecule has 0 N–H and O–H groups in total. The molecule has 2 heterocycles. The molecule has 0 saturated carbocycles. The third kappa shape index (κ3) is 3.82. The van der Waals surface area contributed by atoms with Crippen LogP contribution in [0.1, 0.15) is 58.9 Å². The summed E-state index contributed by atoms with van der Waals surface area (Å²) in [4.78, 5) is 4.62. The molecule has 2 aromatic heterocycles. The normalized spacial score (nSPS) is 15.4. The van der Waals surface area contributed by atoms with Crippen LogP contribution in [-0.4, -0.2) is 4.98 Å². The van der Waals surface area contributed by atoms with Gasteiger partial charge in [-0.2, -0.15) is 0 Å². The van der Waals surface area contributed by atoms with Crippen molar-refractivity contribution in [3.8, 4) is 22.4 Å². The first-order chi connectivity index (χ1) is 22.3. The maximum atomic E-state index is 8.95. The highest BCUT2D eigenvalue weighted by Crippen LogP contribution is 2.41. The fourth-order valence-corrected chi connectivity index (χ4v) is 6.03. The minimum atomic E-state index is -2.55. The summed E-state index contributed by atoms with van der Waals surface area (Å²) >= 11 is 0.